The minimum Gasteiger partial charge on any atom is -0.293 e. The number of halogens is 1. The van der Waals surface area contributed by atoms with Crippen LogP contribution in [0.1, 0.15) is 33.0 Å². The number of hydrogen-bond acceptors (Lipinski definition) is 1. The van der Waals surface area contributed by atoms with Gasteiger partial charge in [-0.1, -0.05) is 109 Å². The van der Waals surface area contributed by atoms with Gasteiger partial charge in [-0.25, -0.2) is 0 Å². The molecule has 0 N–H and O–H groups in total. The summed E-state index contributed by atoms with van der Waals surface area (Å²) in [5.74, 6) is -0.370. The Kier molecular flexibility index (Phi) is 6.22. The van der Waals surface area contributed by atoms with Crippen LogP contribution in [0.25, 0.3) is 5.57 Å². The highest BCUT2D eigenvalue weighted by Gasteiger charge is 2.21. The lowest BCUT2D eigenvalue weighted by molar-refractivity contribution is 0.0976. The Labute approximate surface area is 182 Å². The van der Waals surface area contributed by atoms with Crippen molar-refractivity contribution in [3.05, 3.63) is 149 Å². The highest BCUT2D eigenvalue weighted by atomic mass is 35.5. The fourth-order valence-corrected chi connectivity index (χ4v) is 3.66. The zero-order valence-corrected chi connectivity index (χ0v) is 17.2. The second-order valence-corrected chi connectivity index (χ2v) is 7.51. The van der Waals surface area contributed by atoms with Gasteiger partial charge in [0.15, 0.2) is 5.78 Å². The summed E-state index contributed by atoms with van der Waals surface area (Å²) in [4.78, 5) is 13.6. The SMILES string of the molecule is O=C(c1ccc(Cl)cc1)C(C=C(c1ccccc1)c1ccccc1)c1ccccc1. The van der Waals surface area contributed by atoms with Crippen LogP contribution in [0, 0.1) is 0 Å². The van der Waals surface area contributed by atoms with E-state index < -0.39 is 5.92 Å². The quantitative estimate of drug-likeness (QED) is 0.303. The Hall–Kier alpha value is -3.42. The van der Waals surface area contributed by atoms with Crippen molar-refractivity contribution in [2.45, 2.75) is 5.92 Å². The molecule has 4 aromatic rings. The first-order chi connectivity index (χ1) is 14.7. The predicted molar refractivity (Wildman–Crippen MR) is 125 cm³/mol. The standard InChI is InChI=1S/C28H21ClO/c29-25-18-16-24(17-19-25)28(30)27(23-14-8-3-9-15-23)20-26(21-10-4-1-5-11-21)22-12-6-2-7-13-22/h1-20,27H. The lowest BCUT2D eigenvalue weighted by atomic mass is 9.86. The van der Waals surface area contributed by atoms with Gasteiger partial charge in [0.25, 0.3) is 0 Å². The second-order valence-electron chi connectivity index (χ2n) is 7.07. The van der Waals surface area contributed by atoms with E-state index >= 15 is 0 Å². The normalized spacial score (nSPS) is 11.5. The van der Waals surface area contributed by atoms with Crippen LogP contribution in [-0.4, -0.2) is 5.78 Å². The van der Waals surface area contributed by atoms with E-state index in [0.717, 1.165) is 22.3 Å². The van der Waals surface area contributed by atoms with Crippen LogP contribution in [-0.2, 0) is 0 Å². The third-order valence-corrected chi connectivity index (χ3v) is 5.32. The Bertz CT molecular complexity index is 1090. The minimum atomic E-state index is -0.414. The van der Waals surface area contributed by atoms with E-state index in [4.69, 9.17) is 11.6 Å². The summed E-state index contributed by atoms with van der Waals surface area (Å²) in [7, 11) is 0. The summed E-state index contributed by atoms with van der Waals surface area (Å²) in [6.45, 7) is 0. The van der Waals surface area contributed by atoms with E-state index in [1.807, 2.05) is 66.7 Å². The maximum Gasteiger partial charge on any atom is 0.174 e. The molecule has 0 radical (unpaired) electrons. The molecule has 1 nitrogen and oxygen atoms in total. The van der Waals surface area contributed by atoms with Gasteiger partial charge >= 0.3 is 0 Å². The molecule has 0 aromatic heterocycles. The summed E-state index contributed by atoms with van der Waals surface area (Å²) < 4.78 is 0. The molecule has 0 amide bonds. The largest absolute Gasteiger partial charge is 0.293 e. The highest BCUT2D eigenvalue weighted by Crippen LogP contribution is 2.31. The van der Waals surface area contributed by atoms with Gasteiger partial charge in [-0.15, -0.1) is 0 Å². The third-order valence-electron chi connectivity index (χ3n) is 5.07. The number of carbonyl (C=O) groups excluding carboxylic acids is 1. The fourth-order valence-electron chi connectivity index (χ4n) is 3.54. The number of Topliss-reactive ketones (excluding diaryl/α,β-unsaturated/α-hetero) is 1. The molecule has 1 unspecified atom stereocenters. The van der Waals surface area contributed by atoms with Crippen LogP contribution in [0.2, 0.25) is 5.02 Å². The Morgan fingerprint density at radius 3 is 1.57 bits per heavy atom. The van der Waals surface area contributed by atoms with Crippen LogP contribution in [0.5, 0.6) is 0 Å². The van der Waals surface area contributed by atoms with E-state index in [0.29, 0.717) is 10.6 Å². The van der Waals surface area contributed by atoms with E-state index in [1.54, 1.807) is 24.3 Å². The molecule has 30 heavy (non-hydrogen) atoms. The molecule has 146 valence electrons. The van der Waals surface area contributed by atoms with Gasteiger partial charge in [-0.05, 0) is 46.5 Å². The number of hydrogen-bond donors (Lipinski definition) is 0. The smallest absolute Gasteiger partial charge is 0.174 e. The Morgan fingerprint density at radius 2 is 1.07 bits per heavy atom. The van der Waals surface area contributed by atoms with Crippen molar-refractivity contribution in [3.8, 4) is 0 Å². The van der Waals surface area contributed by atoms with Gasteiger partial charge in [0.1, 0.15) is 0 Å². The molecule has 0 saturated heterocycles. The molecule has 1 atom stereocenters. The van der Waals surface area contributed by atoms with Gasteiger partial charge in [0, 0.05) is 10.6 Å². The zero-order chi connectivity index (χ0) is 20.8. The van der Waals surface area contributed by atoms with E-state index in [1.165, 1.54) is 0 Å². The maximum absolute atomic E-state index is 13.6. The summed E-state index contributed by atoms with van der Waals surface area (Å²) in [5.41, 5.74) is 4.79. The van der Waals surface area contributed by atoms with Crippen LogP contribution < -0.4 is 0 Å². The van der Waals surface area contributed by atoms with Gasteiger partial charge in [-0.3, -0.25) is 4.79 Å². The average molecular weight is 409 g/mol. The first-order valence-electron chi connectivity index (χ1n) is 9.90. The zero-order valence-electron chi connectivity index (χ0n) is 16.4. The fraction of sp³-hybridized carbons (Fsp3) is 0.0357. The first kappa shape index (κ1) is 19.9. The van der Waals surface area contributed by atoms with Crippen molar-refractivity contribution in [2.24, 2.45) is 0 Å². The lowest BCUT2D eigenvalue weighted by Gasteiger charge is -2.17. The monoisotopic (exact) mass is 408 g/mol. The summed E-state index contributed by atoms with van der Waals surface area (Å²) in [5, 5.41) is 0.618. The molecular formula is C28H21ClO. The molecule has 4 aromatic carbocycles. The van der Waals surface area contributed by atoms with E-state index in [2.05, 4.69) is 30.3 Å². The molecule has 2 heteroatoms. The Balaban J connectivity index is 1.87. The topological polar surface area (TPSA) is 17.1 Å². The molecular weight excluding hydrogens is 388 g/mol. The van der Waals surface area contributed by atoms with Crippen LogP contribution in [0.3, 0.4) is 0 Å². The number of benzene rings is 4. The van der Waals surface area contributed by atoms with Crippen LogP contribution in [0.4, 0.5) is 0 Å². The van der Waals surface area contributed by atoms with Gasteiger partial charge in [-0.2, -0.15) is 0 Å². The molecule has 0 aliphatic carbocycles. The third kappa shape index (κ3) is 4.59. The van der Waals surface area contributed by atoms with Gasteiger partial charge in [0.2, 0.25) is 0 Å². The highest BCUT2D eigenvalue weighted by molar-refractivity contribution is 6.30. The molecule has 0 saturated carbocycles. The van der Waals surface area contributed by atoms with Crippen molar-refractivity contribution in [2.75, 3.05) is 0 Å². The van der Waals surface area contributed by atoms with E-state index in [-0.39, 0.29) is 5.78 Å². The molecule has 0 spiro atoms. The molecule has 0 fully saturated rings. The molecule has 0 aliphatic heterocycles. The van der Waals surface area contributed by atoms with Crippen LogP contribution >= 0.6 is 11.6 Å². The van der Waals surface area contributed by atoms with Crippen LogP contribution in [0.15, 0.2) is 121 Å². The summed E-state index contributed by atoms with van der Waals surface area (Å²) in [6, 6.07) is 37.4. The van der Waals surface area contributed by atoms with Gasteiger partial charge in [0.05, 0.1) is 5.92 Å². The first-order valence-corrected chi connectivity index (χ1v) is 10.3. The van der Waals surface area contributed by atoms with Crippen molar-refractivity contribution < 1.29 is 4.79 Å². The number of rotatable bonds is 6. The molecule has 0 heterocycles. The van der Waals surface area contributed by atoms with Crippen molar-refractivity contribution in [1.82, 2.24) is 0 Å². The Morgan fingerprint density at radius 1 is 0.600 bits per heavy atom. The number of allylic oxidation sites excluding steroid dienone is 1. The van der Waals surface area contributed by atoms with Crippen molar-refractivity contribution >= 4 is 23.0 Å². The lowest BCUT2D eigenvalue weighted by Crippen LogP contribution is -2.12. The molecule has 4 rings (SSSR count). The summed E-state index contributed by atoms with van der Waals surface area (Å²) in [6.07, 6.45) is 2.08. The second kappa shape index (κ2) is 9.39. The molecule has 0 aliphatic rings. The minimum absolute atomic E-state index is 0.0437. The number of carbonyl (C=O) groups is 1. The van der Waals surface area contributed by atoms with Crippen molar-refractivity contribution in [1.29, 1.82) is 0 Å². The predicted octanol–water partition coefficient (Wildman–Crippen LogP) is 7.44. The average Bonchev–Trinajstić information content (AvgIpc) is 2.81. The number of ketones is 1. The maximum atomic E-state index is 13.6. The molecule has 0 bridgehead atoms. The van der Waals surface area contributed by atoms with Gasteiger partial charge < -0.3 is 0 Å². The van der Waals surface area contributed by atoms with Crippen molar-refractivity contribution in [3.63, 3.8) is 0 Å². The summed E-state index contributed by atoms with van der Waals surface area (Å²) >= 11 is 6.03. The van der Waals surface area contributed by atoms with E-state index in [9.17, 15) is 4.79 Å².